The van der Waals surface area contributed by atoms with Crippen LogP contribution < -0.4 is 10.4 Å². The van der Waals surface area contributed by atoms with Gasteiger partial charge in [0.15, 0.2) is 0 Å². The Morgan fingerprint density at radius 1 is 1.17 bits per heavy atom. The molecule has 0 spiro atoms. The molecule has 0 radical (unpaired) electrons. The van der Waals surface area contributed by atoms with Crippen LogP contribution in [0, 0.1) is 13.8 Å². The van der Waals surface area contributed by atoms with Crippen molar-refractivity contribution in [3.63, 3.8) is 0 Å². The van der Waals surface area contributed by atoms with Gasteiger partial charge in [-0.05, 0) is 66.6 Å². The van der Waals surface area contributed by atoms with Crippen LogP contribution in [-0.4, -0.2) is 44.6 Å². The molecule has 2 aromatic carbocycles. The van der Waals surface area contributed by atoms with Crippen molar-refractivity contribution in [2.45, 2.75) is 27.4 Å². The summed E-state index contributed by atoms with van der Waals surface area (Å²) in [6.45, 7) is 7.26. The highest BCUT2D eigenvalue weighted by Gasteiger charge is 2.14. The molecule has 8 nitrogen and oxygen atoms in total. The molecule has 1 heterocycles. The van der Waals surface area contributed by atoms with Gasteiger partial charge in [-0.1, -0.05) is 12.1 Å². The van der Waals surface area contributed by atoms with E-state index in [2.05, 4.69) is 22.3 Å². The molecule has 0 unspecified atom stereocenters. The Morgan fingerprint density at radius 2 is 1.97 bits per heavy atom. The number of hydrogen-bond donors (Lipinski definition) is 0. The molecule has 0 atom stereocenters. The fraction of sp³-hybridized carbons (Fsp3) is 0.333. The molecule has 0 bridgehead atoms. The second-order valence-electron chi connectivity index (χ2n) is 6.93. The zero-order valence-corrected chi connectivity index (χ0v) is 17.5. The summed E-state index contributed by atoms with van der Waals surface area (Å²) < 4.78 is 8.57. The van der Waals surface area contributed by atoms with Crippen molar-refractivity contribution in [1.82, 2.24) is 24.7 Å². The standard InChI is InChI=1S/C21H26N6O2/c1-6-25(4)14-22-17-10-11-20(16(3)12-17)29-13-18-15(2)8-7-9-19(18)27-21(28)26(5)23-24-27/h7-12,14H,6,13H2,1-5H3/b22-14+. The Hall–Kier alpha value is -3.42. The molecule has 0 amide bonds. The van der Waals surface area contributed by atoms with Gasteiger partial charge in [0.2, 0.25) is 0 Å². The molecule has 1 aromatic heterocycles. The summed E-state index contributed by atoms with van der Waals surface area (Å²) in [7, 11) is 3.56. The van der Waals surface area contributed by atoms with E-state index in [0.717, 1.165) is 34.7 Å². The van der Waals surface area contributed by atoms with Gasteiger partial charge in [-0.3, -0.25) is 0 Å². The van der Waals surface area contributed by atoms with Gasteiger partial charge >= 0.3 is 5.69 Å². The molecule has 0 saturated carbocycles. The van der Waals surface area contributed by atoms with E-state index in [1.165, 1.54) is 9.36 Å². The van der Waals surface area contributed by atoms with Crippen LogP contribution in [-0.2, 0) is 13.7 Å². The van der Waals surface area contributed by atoms with Crippen molar-refractivity contribution in [1.29, 1.82) is 0 Å². The molecule has 0 aliphatic carbocycles. The third-order valence-corrected chi connectivity index (χ3v) is 4.77. The minimum atomic E-state index is -0.299. The monoisotopic (exact) mass is 394 g/mol. The first-order valence-corrected chi connectivity index (χ1v) is 9.46. The maximum atomic E-state index is 12.3. The predicted octanol–water partition coefficient (Wildman–Crippen LogP) is 2.77. The van der Waals surface area contributed by atoms with Crippen molar-refractivity contribution in [3.05, 3.63) is 63.6 Å². The molecule has 3 rings (SSSR count). The van der Waals surface area contributed by atoms with E-state index in [4.69, 9.17) is 4.74 Å². The van der Waals surface area contributed by atoms with Gasteiger partial charge in [0.1, 0.15) is 12.4 Å². The van der Waals surface area contributed by atoms with Crippen LogP contribution in [0.2, 0.25) is 0 Å². The number of benzene rings is 2. The fourth-order valence-electron chi connectivity index (χ4n) is 2.81. The number of aromatic nitrogens is 4. The molecule has 0 saturated heterocycles. The number of aryl methyl sites for hydroxylation is 3. The summed E-state index contributed by atoms with van der Waals surface area (Å²) in [6.07, 6.45) is 1.81. The fourth-order valence-corrected chi connectivity index (χ4v) is 2.81. The molecular weight excluding hydrogens is 368 g/mol. The van der Waals surface area contributed by atoms with Crippen molar-refractivity contribution in [2.24, 2.45) is 12.0 Å². The Morgan fingerprint density at radius 3 is 2.62 bits per heavy atom. The van der Waals surface area contributed by atoms with E-state index in [0.29, 0.717) is 12.3 Å². The van der Waals surface area contributed by atoms with Gasteiger partial charge in [-0.15, -0.1) is 0 Å². The molecule has 0 N–H and O–H groups in total. The van der Waals surface area contributed by atoms with Gasteiger partial charge in [0.25, 0.3) is 0 Å². The van der Waals surface area contributed by atoms with Gasteiger partial charge in [0, 0.05) is 26.2 Å². The zero-order valence-electron chi connectivity index (χ0n) is 17.5. The second-order valence-corrected chi connectivity index (χ2v) is 6.93. The second kappa shape index (κ2) is 8.72. The number of tetrazole rings is 1. The maximum absolute atomic E-state index is 12.3. The zero-order chi connectivity index (χ0) is 21.0. The minimum Gasteiger partial charge on any atom is -0.489 e. The number of nitrogens with zero attached hydrogens (tertiary/aromatic N) is 6. The Kier molecular flexibility index (Phi) is 6.11. The molecule has 29 heavy (non-hydrogen) atoms. The predicted molar refractivity (Wildman–Crippen MR) is 113 cm³/mol. The first-order valence-electron chi connectivity index (χ1n) is 9.46. The summed E-state index contributed by atoms with van der Waals surface area (Å²) in [5.41, 5.74) is 4.14. The number of rotatable bonds is 7. The minimum absolute atomic E-state index is 0.299. The SMILES string of the molecule is CCN(C)/C=N/c1ccc(OCc2c(C)cccc2-n2nnn(C)c2=O)c(C)c1. The average Bonchev–Trinajstić information content (AvgIpc) is 3.04. The molecule has 0 aliphatic heterocycles. The van der Waals surface area contributed by atoms with E-state index in [1.54, 1.807) is 7.05 Å². The Balaban J connectivity index is 1.83. The van der Waals surface area contributed by atoms with E-state index in [9.17, 15) is 4.79 Å². The highest BCUT2D eigenvalue weighted by Crippen LogP contribution is 2.26. The van der Waals surface area contributed by atoms with Crippen LogP contribution in [0.4, 0.5) is 5.69 Å². The van der Waals surface area contributed by atoms with Crippen molar-refractivity contribution < 1.29 is 4.74 Å². The summed E-state index contributed by atoms with van der Waals surface area (Å²) in [6, 6.07) is 11.5. The third-order valence-electron chi connectivity index (χ3n) is 4.77. The maximum Gasteiger partial charge on any atom is 0.368 e. The van der Waals surface area contributed by atoms with Gasteiger partial charge < -0.3 is 9.64 Å². The molecule has 0 aliphatic rings. The lowest BCUT2D eigenvalue weighted by molar-refractivity contribution is 0.302. The number of hydrogen-bond acceptors (Lipinski definition) is 5. The average molecular weight is 394 g/mol. The van der Waals surface area contributed by atoms with Gasteiger partial charge in [-0.2, -0.15) is 9.36 Å². The topological polar surface area (TPSA) is 77.5 Å². The lowest BCUT2D eigenvalue weighted by Gasteiger charge is -2.14. The third kappa shape index (κ3) is 4.53. The van der Waals surface area contributed by atoms with Gasteiger partial charge in [0.05, 0.1) is 17.7 Å². The summed E-state index contributed by atoms with van der Waals surface area (Å²) in [5.74, 6) is 0.772. The van der Waals surface area contributed by atoms with E-state index >= 15 is 0 Å². The number of aliphatic imine (C=N–C) groups is 1. The van der Waals surface area contributed by atoms with Crippen molar-refractivity contribution >= 4 is 12.0 Å². The van der Waals surface area contributed by atoms with Crippen LogP contribution >= 0.6 is 0 Å². The van der Waals surface area contributed by atoms with Crippen molar-refractivity contribution in [3.8, 4) is 11.4 Å². The number of ether oxygens (including phenoxy) is 1. The highest BCUT2D eigenvalue weighted by molar-refractivity contribution is 5.62. The quantitative estimate of drug-likeness (QED) is 0.455. The van der Waals surface area contributed by atoms with E-state index in [-0.39, 0.29) is 5.69 Å². The Bertz CT molecular complexity index is 1080. The summed E-state index contributed by atoms with van der Waals surface area (Å²) >= 11 is 0. The lowest BCUT2D eigenvalue weighted by atomic mass is 10.1. The van der Waals surface area contributed by atoms with Gasteiger partial charge in [-0.25, -0.2) is 9.79 Å². The van der Waals surface area contributed by atoms with Crippen LogP contribution in [0.25, 0.3) is 5.69 Å². The summed E-state index contributed by atoms with van der Waals surface area (Å²) in [4.78, 5) is 18.7. The van der Waals surface area contributed by atoms with E-state index < -0.39 is 0 Å². The highest BCUT2D eigenvalue weighted by atomic mass is 16.5. The van der Waals surface area contributed by atoms with Crippen molar-refractivity contribution in [2.75, 3.05) is 13.6 Å². The molecule has 0 fully saturated rings. The smallest absolute Gasteiger partial charge is 0.368 e. The normalized spacial score (nSPS) is 11.2. The van der Waals surface area contributed by atoms with Crippen LogP contribution in [0.3, 0.4) is 0 Å². The van der Waals surface area contributed by atoms with Crippen LogP contribution in [0.15, 0.2) is 46.2 Å². The molecule has 3 aromatic rings. The van der Waals surface area contributed by atoms with Crippen LogP contribution in [0.1, 0.15) is 23.6 Å². The Labute approximate surface area is 170 Å². The summed E-state index contributed by atoms with van der Waals surface area (Å²) in [5, 5.41) is 7.76. The lowest BCUT2D eigenvalue weighted by Crippen LogP contribution is -2.23. The largest absolute Gasteiger partial charge is 0.489 e. The van der Waals surface area contributed by atoms with Crippen LogP contribution in [0.5, 0.6) is 5.75 Å². The molecule has 8 heteroatoms. The molecule has 152 valence electrons. The molecular formula is C21H26N6O2. The first-order chi connectivity index (χ1) is 13.9. The first kappa shape index (κ1) is 20.3. The van der Waals surface area contributed by atoms with E-state index in [1.807, 2.05) is 68.5 Å².